The van der Waals surface area contributed by atoms with Crippen LogP contribution in [0.3, 0.4) is 0 Å². The lowest BCUT2D eigenvalue weighted by atomic mass is 9.86. The minimum atomic E-state index is -0.310. The predicted molar refractivity (Wildman–Crippen MR) is 81.8 cm³/mol. The van der Waals surface area contributed by atoms with Gasteiger partial charge in [0, 0.05) is 23.7 Å². The van der Waals surface area contributed by atoms with Crippen LogP contribution in [-0.2, 0) is 6.54 Å². The van der Waals surface area contributed by atoms with Crippen molar-refractivity contribution in [3.63, 3.8) is 0 Å². The first-order valence-corrected chi connectivity index (χ1v) is 7.47. The Morgan fingerprint density at radius 1 is 1.48 bits per heavy atom. The third-order valence-corrected chi connectivity index (χ3v) is 4.41. The van der Waals surface area contributed by atoms with E-state index in [1.807, 2.05) is 0 Å². The van der Waals surface area contributed by atoms with Crippen LogP contribution in [0.1, 0.15) is 43.7 Å². The van der Waals surface area contributed by atoms with E-state index in [1.165, 1.54) is 31.7 Å². The molecule has 116 valence electrons. The highest BCUT2D eigenvalue weighted by molar-refractivity contribution is 5.97. The van der Waals surface area contributed by atoms with Crippen molar-refractivity contribution in [2.45, 2.75) is 45.2 Å². The van der Waals surface area contributed by atoms with Crippen LogP contribution < -0.4 is 5.73 Å². The van der Waals surface area contributed by atoms with Gasteiger partial charge in [-0.05, 0) is 31.9 Å². The fraction of sp³-hybridized carbons (Fsp3) is 0.562. The summed E-state index contributed by atoms with van der Waals surface area (Å²) in [5, 5.41) is 11.5. The van der Waals surface area contributed by atoms with Gasteiger partial charge in [-0.2, -0.15) is 0 Å². The van der Waals surface area contributed by atoms with Crippen molar-refractivity contribution in [1.29, 1.82) is 0 Å². The van der Waals surface area contributed by atoms with Crippen molar-refractivity contribution >= 4 is 5.84 Å². The molecule has 3 N–H and O–H groups in total. The first-order valence-electron chi connectivity index (χ1n) is 7.47. The van der Waals surface area contributed by atoms with Crippen LogP contribution in [-0.4, -0.2) is 29.0 Å². The van der Waals surface area contributed by atoms with Crippen molar-refractivity contribution in [2.75, 3.05) is 7.05 Å². The van der Waals surface area contributed by atoms with Gasteiger partial charge in [0.25, 0.3) is 0 Å². The second-order valence-electron chi connectivity index (χ2n) is 6.13. The molecule has 1 saturated carbocycles. The zero-order valence-corrected chi connectivity index (χ0v) is 12.7. The molecule has 0 aromatic heterocycles. The van der Waals surface area contributed by atoms with Crippen LogP contribution in [0.5, 0.6) is 0 Å². The Balaban J connectivity index is 2.05. The average molecular weight is 293 g/mol. The molecule has 2 atom stereocenters. The zero-order valence-electron chi connectivity index (χ0n) is 12.7. The molecule has 1 aliphatic carbocycles. The number of hydrogen-bond donors (Lipinski definition) is 2. The SMILES string of the molecule is CC1CCCC(N(C)Cc2ccc(C(N)=NO)cc2F)C1. The summed E-state index contributed by atoms with van der Waals surface area (Å²) >= 11 is 0. The third-order valence-electron chi connectivity index (χ3n) is 4.41. The molecule has 5 heteroatoms. The Morgan fingerprint density at radius 3 is 2.86 bits per heavy atom. The second kappa shape index (κ2) is 6.89. The maximum atomic E-state index is 14.1. The molecule has 2 rings (SSSR count). The van der Waals surface area contributed by atoms with E-state index in [0.717, 1.165) is 5.92 Å². The van der Waals surface area contributed by atoms with Gasteiger partial charge in [0.2, 0.25) is 0 Å². The van der Waals surface area contributed by atoms with E-state index in [4.69, 9.17) is 10.9 Å². The van der Waals surface area contributed by atoms with Gasteiger partial charge in [0.05, 0.1) is 0 Å². The van der Waals surface area contributed by atoms with E-state index in [9.17, 15) is 4.39 Å². The van der Waals surface area contributed by atoms with E-state index < -0.39 is 0 Å². The number of rotatable bonds is 4. The Labute approximate surface area is 125 Å². The van der Waals surface area contributed by atoms with Crippen molar-refractivity contribution in [2.24, 2.45) is 16.8 Å². The summed E-state index contributed by atoms with van der Waals surface area (Å²) in [6, 6.07) is 5.25. The van der Waals surface area contributed by atoms with Crippen LogP contribution in [0.25, 0.3) is 0 Å². The molecule has 1 fully saturated rings. The van der Waals surface area contributed by atoms with Gasteiger partial charge in [-0.3, -0.25) is 4.90 Å². The van der Waals surface area contributed by atoms with Gasteiger partial charge in [-0.1, -0.05) is 37.1 Å². The highest BCUT2D eigenvalue weighted by Gasteiger charge is 2.23. The fourth-order valence-corrected chi connectivity index (χ4v) is 3.09. The molecule has 2 unspecified atom stereocenters. The summed E-state index contributed by atoms with van der Waals surface area (Å²) in [5.74, 6) is 0.365. The Bertz CT molecular complexity index is 518. The highest BCUT2D eigenvalue weighted by Crippen LogP contribution is 2.27. The molecule has 0 heterocycles. The van der Waals surface area contributed by atoms with E-state index in [0.29, 0.717) is 23.7 Å². The van der Waals surface area contributed by atoms with Gasteiger partial charge in [-0.15, -0.1) is 0 Å². The lowest BCUT2D eigenvalue weighted by molar-refractivity contribution is 0.156. The topological polar surface area (TPSA) is 61.8 Å². The number of amidine groups is 1. The summed E-state index contributed by atoms with van der Waals surface area (Å²) < 4.78 is 14.1. The maximum Gasteiger partial charge on any atom is 0.170 e. The van der Waals surface area contributed by atoms with Crippen LogP contribution in [0.15, 0.2) is 23.4 Å². The Hall–Kier alpha value is -1.62. The third kappa shape index (κ3) is 3.94. The van der Waals surface area contributed by atoms with Crippen LogP contribution in [0.4, 0.5) is 4.39 Å². The van der Waals surface area contributed by atoms with Crippen LogP contribution in [0.2, 0.25) is 0 Å². The molecular formula is C16H24FN3O. The van der Waals surface area contributed by atoms with Crippen molar-refractivity contribution in [1.82, 2.24) is 4.90 Å². The van der Waals surface area contributed by atoms with Gasteiger partial charge in [0.1, 0.15) is 5.82 Å². The minimum absolute atomic E-state index is 0.0742. The molecule has 1 aromatic carbocycles. The first-order chi connectivity index (χ1) is 10.0. The Morgan fingerprint density at radius 2 is 2.24 bits per heavy atom. The van der Waals surface area contributed by atoms with Gasteiger partial charge in [-0.25, -0.2) is 4.39 Å². The van der Waals surface area contributed by atoms with Crippen LogP contribution in [0, 0.1) is 11.7 Å². The molecule has 4 nitrogen and oxygen atoms in total. The number of hydrogen-bond acceptors (Lipinski definition) is 3. The van der Waals surface area contributed by atoms with Gasteiger partial charge < -0.3 is 10.9 Å². The first kappa shape index (κ1) is 15.8. The number of halogens is 1. The largest absolute Gasteiger partial charge is 0.409 e. The molecule has 0 radical (unpaired) electrons. The molecule has 21 heavy (non-hydrogen) atoms. The molecule has 1 aromatic rings. The molecule has 0 saturated heterocycles. The minimum Gasteiger partial charge on any atom is -0.409 e. The second-order valence-corrected chi connectivity index (χ2v) is 6.13. The maximum absolute atomic E-state index is 14.1. The Kier molecular flexibility index (Phi) is 5.17. The van der Waals surface area contributed by atoms with Crippen LogP contribution >= 0.6 is 0 Å². The molecule has 0 spiro atoms. The lowest BCUT2D eigenvalue weighted by Crippen LogP contribution is -2.35. The lowest BCUT2D eigenvalue weighted by Gasteiger charge is -2.34. The van der Waals surface area contributed by atoms with Gasteiger partial charge >= 0.3 is 0 Å². The van der Waals surface area contributed by atoms with Crippen molar-refractivity contribution < 1.29 is 9.60 Å². The molecule has 1 aliphatic rings. The highest BCUT2D eigenvalue weighted by atomic mass is 19.1. The van der Waals surface area contributed by atoms with E-state index >= 15 is 0 Å². The van der Waals surface area contributed by atoms with Gasteiger partial charge in [0.15, 0.2) is 5.84 Å². The summed E-state index contributed by atoms with van der Waals surface area (Å²) in [6.45, 7) is 2.87. The molecular weight excluding hydrogens is 269 g/mol. The molecule has 0 amide bonds. The summed E-state index contributed by atoms with van der Waals surface area (Å²) in [6.07, 6.45) is 4.92. The summed E-state index contributed by atoms with van der Waals surface area (Å²) in [7, 11) is 2.06. The number of nitrogens with zero attached hydrogens (tertiary/aromatic N) is 2. The summed E-state index contributed by atoms with van der Waals surface area (Å²) in [5.41, 5.74) is 6.51. The quantitative estimate of drug-likeness (QED) is 0.388. The van der Waals surface area contributed by atoms with E-state index in [-0.39, 0.29) is 11.7 Å². The normalized spacial score (nSPS) is 23.5. The van der Waals surface area contributed by atoms with E-state index in [2.05, 4.69) is 24.0 Å². The zero-order chi connectivity index (χ0) is 15.4. The van der Waals surface area contributed by atoms with Crippen molar-refractivity contribution in [3.8, 4) is 0 Å². The number of benzene rings is 1. The monoisotopic (exact) mass is 293 g/mol. The van der Waals surface area contributed by atoms with E-state index in [1.54, 1.807) is 12.1 Å². The molecule has 0 aliphatic heterocycles. The standard InChI is InChI=1S/C16H24FN3O/c1-11-4-3-5-14(8-11)20(2)10-13-7-6-12(9-15(13)17)16(18)19-21/h6-7,9,11,14,21H,3-5,8,10H2,1-2H3,(H2,18,19). The number of nitrogens with two attached hydrogens (primary N) is 1. The summed E-state index contributed by atoms with van der Waals surface area (Å²) in [4.78, 5) is 2.23. The smallest absolute Gasteiger partial charge is 0.170 e. The van der Waals surface area contributed by atoms with Crippen molar-refractivity contribution in [3.05, 3.63) is 35.1 Å². The fourth-order valence-electron chi connectivity index (χ4n) is 3.09. The average Bonchev–Trinajstić information content (AvgIpc) is 2.48. The number of oxime groups is 1. The molecule has 0 bridgehead atoms. The predicted octanol–water partition coefficient (Wildman–Crippen LogP) is 2.93.